The molecule has 0 aliphatic heterocycles. The van der Waals surface area contributed by atoms with Gasteiger partial charge in [-0.1, -0.05) is 36.8 Å². The van der Waals surface area contributed by atoms with Gasteiger partial charge >= 0.3 is 11.9 Å². The molecule has 45 heavy (non-hydrogen) atoms. The Morgan fingerprint density at radius 3 is 2.36 bits per heavy atom. The fourth-order valence-electron chi connectivity index (χ4n) is 6.30. The smallest absolute Gasteiger partial charge is 0.337 e. The second kappa shape index (κ2) is 15.6. The van der Waals surface area contributed by atoms with Crippen molar-refractivity contribution in [2.45, 2.75) is 76.9 Å². The summed E-state index contributed by atoms with van der Waals surface area (Å²) in [6, 6.07) is 19.4. The van der Waals surface area contributed by atoms with Gasteiger partial charge in [0.05, 0.1) is 37.9 Å². The van der Waals surface area contributed by atoms with Crippen LogP contribution in [0.5, 0.6) is 11.5 Å². The highest BCUT2D eigenvalue weighted by Gasteiger charge is 2.29. The normalized spacial score (nSPS) is 17.5. The average Bonchev–Trinajstić information content (AvgIpc) is 3.09. The van der Waals surface area contributed by atoms with Crippen LogP contribution >= 0.6 is 0 Å². The van der Waals surface area contributed by atoms with Gasteiger partial charge in [-0.25, -0.2) is 4.79 Å². The van der Waals surface area contributed by atoms with E-state index in [0.717, 1.165) is 49.8 Å². The number of fused-ring (bicyclic) bond motifs is 1. The number of nitrogens with one attached hydrogen (secondary N) is 1. The lowest BCUT2D eigenvalue weighted by Crippen LogP contribution is -2.40. The fourth-order valence-corrected chi connectivity index (χ4v) is 6.30. The summed E-state index contributed by atoms with van der Waals surface area (Å²) in [5.41, 5.74) is 5.83. The number of carbonyl (C=O) groups excluding carboxylic acids is 3. The van der Waals surface area contributed by atoms with Crippen LogP contribution in [0, 0.1) is 5.92 Å². The molecule has 0 heterocycles. The average molecular weight is 614 g/mol. The molecule has 0 saturated heterocycles. The number of ether oxygens (including phenoxy) is 4. The zero-order chi connectivity index (χ0) is 31.6. The molecule has 1 saturated carbocycles. The Hall–Kier alpha value is -4.33. The minimum absolute atomic E-state index is 0.171. The Balaban J connectivity index is 1.13. The molecule has 3 aromatic carbocycles. The summed E-state index contributed by atoms with van der Waals surface area (Å²) in [7, 11) is 2.68. The van der Waals surface area contributed by atoms with Crippen molar-refractivity contribution in [1.29, 1.82) is 0 Å². The molecule has 5 rings (SSSR count). The highest BCUT2D eigenvalue weighted by Crippen LogP contribution is 2.28. The van der Waals surface area contributed by atoms with Gasteiger partial charge in [-0.15, -0.1) is 0 Å². The van der Waals surface area contributed by atoms with Crippen LogP contribution in [0.3, 0.4) is 0 Å². The molecular formula is C37H43NO7. The predicted molar refractivity (Wildman–Crippen MR) is 171 cm³/mol. The fraction of sp³-hybridized carbons (Fsp3) is 0.432. The number of hydrogen-bond donors (Lipinski definition) is 1. The van der Waals surface area contributed by atoms with Crippen molar-refractivity contribution >= 4 is 17.8 Å². The maximum Gasteiger partial charge on any atom is 0.337 e. The molecule has 2 aliphatic rings. The van der Waals surface area contributed by atoms with Crippen molar-refractivity contribution in [2.75, 3.05) is 20.8 Å². The standard InChI is InChI=1S/C37H43NO7/c1-42-36(40)29-10-5-11-31(22-29)38-35(39)33-23-30(37(41)43-2)16-19-34(33)44-20-6-7-25-13-17-32(18-14-25)45-24-26-12-15-27-8-3-4-9-28(27)21-26/h12-19,21,23,29,31H,3-11,20,22,24H2,1-2H3,(H,38,39). The molecule has 1 amide bonds. The van der Waals surface area contributed by atoms with E-state index in [2.05, 4.69) is 35.6 Å². The van der Waals surface area contributed by atoms with E-state index >= 15 is 0 Å². The minimum Gasteiger partial charge on any atom is -0.493 e. The van der Waals surface area contributed by atoms with E-state index in [-0.39, 0.29) is 35.0 Å². The Morgan fingerprint density at radius 1 is 0.800 bits per heavy atom. The monoisotopic (exact) mass is 613 g/mol. The molecule has 0 spiro atoms. The Bertz CT molecular complexity index is 1480. The first-order valence-electron chi connectivity index (χ1n) is 16.0. The second-order valence-corrected chi connectivity index (χ2v) is 12.0. The van der Waals surface area contributed by atoms with Gasteiger partial charge in [0.15, 0.2) is 0 Å². The van der Waals surface area contributed by atoms with Crippen LogP contribution in [-0.2, 0) is 40.1 Å². The van der Waals surface area contributed by atoms with Crippen LogP contribution in [0.4, 0.5) is 0 Å². The molecule has 0 bridgehead atoms. The van der Waals surface area contributed by atoms with Crippen LogP contribution in [-0.4, -0.2) is 44.7 Å². The van der Waals surface area contributed by atoms with E-state index in [1.165, 1.54) is 56.2 Å². The molecule has 2 aliphatic carbocycles. The first-order valence-corrected chi connectivity index (χ1v) is 16.0. The third-order valence-corrected chi connectivity index (χ3v) is 8.80. The zero-order valence-corrected chi connectivity index (χ0v) is 26.3. The summed E-state index contributed by atoms with van der Waals surface area (Å²) in [6.07, 6.45) is 9.27. The number of carbonyl (C=O) groups is 3. The second-order valence-electron chi connectivity index (χ2n) is 12.0. The molecule has 3 aromatic rings. The van der Waals surface area contributed by atoms with Crippen molar-refractivity contribution < 1.29 is 33.3 Å². The van der Waals surface area contributed by atoms with Crippen molar-refractivity contribution in [2.24, 2.45) is 5.92 Å². The topological polar surface area (TPSA) is 100 Å². The molecule has 238 valence electrons. The van der Waals surface area contributed by atoms with Crippen molar-refractivity contribution in [3.8, 4) is 11.5 Å². The lowest BCUT2D eigenvalue weighted by molar-refractivity contribution is -0.146. The predicted octanol–water partition coefficient (Wildman–Crippen LogP) is 6.40. The lowest BCUT2D eigenvalue weighted by atomic mass is 9.85. The largest absolute Gasteiger partial charge is 0.493 e. The molecule has 2 unspecified atom stereocenters. The van der Waals surface area contributed by atoms with Crippen molar-refractivity contribution in [3.05, 3.63) is 94.0 Å². The van der Waals surface area contributed by atoms with Crippen molar-refractivity contribution in [1.82, 2.24) is 5.32 Å². The minimum atomic E-state index is -0.533. The van der Waals surface area contributed by atoms with Gasteiger partial charge in [-0.3, -0.25) is 9.59 Å². The number of rotatable bonds is 12. The van der Waals surface area contributed by atoms with Crippen molar-refractivity contribution in [3.63, 3.8) is 0 Å². The third kappa shape index (κ3) is 8.65. The Kier molecular flexibility index (Phi) is 11.1. The Labute approximate surface area is 265 Å². The number of aryl methyl sites for hydroxylation is 3. The summed E-state index contributed by atoms with van der Waals surface area (Å²) in [4.78, 5) is 37.6. The summed E-state index contributed by atoms with van der Waals surface area (Å²) >= 11 is 0. The van der Waals surface area contributed by atoms with E-state index in [9.17, 15) is 14.4 Å². The van der Waals surface area contributed by atoms with Gasteiger partial charge < -0.3 is 24.3 Å². The number of amides is 1. The van der Waals surface area contributed by atoms with E-state index in [0.29, 0.717) is 25.4 Å². The van der Waals surface area contributed by atoms with Gasteiger partial charge in [-0.05, 0) is 110 Å². The molecule has 8 nitrogen and oxygen atoms in total. The first-order chi connectivity index (χ1) is 21.9. The molecule has 0 radical (unpaired) electrons. The van der Waals surface area contributed by atoms with Crippen LogP contribution in [0.1, 0.15) is 87.9 Å². The summed E-state index contributed by atoms with van der Waals surface area (Å²) in [5.74, 6) is -0.137. The highest BCUT2D eigenvalue weighted by molar-refractivity contribution is 6.00. The van der Waals surface area contributed by atoms with E-state index in [1.807, 2.05) is 12.1 Å². The number of hydrogen-bond acceptors (Lipinski definition) is 7. The maximum atomic E-state index is 13.4. The molecule has 0 aromatic heterocycles. The molecule has 8 heteroatoms. The first kappa shape index (κ1) is 32.1. The van der Waals surface area contributed by atoms with E-state index in [4.69, 9.17) is 18.9 Å². The van der Waals surface area contributed by atoms with Gasteiger partial charge in [0.2, 0.25) is 0 Å². The maximum absolute atomic E-state index is 13.4. The van der Waals surface area contributed by atoms with E-state index in [1.54, 1.807) is 12.1 Å². The third-order valence-electron chi connectivity index (χ3n) is 8.80. The molecule has 2 atom stereocenters. The summed E-state index contributed by atoms with van der Waals surface area (Å²) in [6.45, 7) is 0.944. The Morgan fingerprint density at radius 2 is 1.58 bits per heavy atom. The van der Waals surface area contributed by atoms with Gasteiger partial charge in [0.25, 0.3) is 5.91 Å². The zero-order valence-electron chi connectivity index (χ0n) is 26.3. The van der Waals surface area contributed by atoms with E-state index < -0.39 is 5.97 Å². The van der Waals surface area contributed by atoms with Gasteiger partial charge in [0, 0.05) is 6.04 Å². The highest BCUT2D eigenvalue weighted by atomic mass is 16.5. The number of esters is 2. The van der Waals surface area contributed by atoms with Crippen LogP contribution in [0.2, 0.25) is 0 Å². The molecule has 1 fully saturated rings. The van der Waals surface area contributed by atoms with Gasteiger partial charge in [0.1, 0.15) is 18.1 Å². The quantitative estimate of drug-likeness (QED) is 0.186. The lowest BCUT2D eigenvalue weighted by Gasteiger charge is -2.28. The summed E-state index contributed by atoms with van der Waals surface area (Å²) in [5, 5.41) is 3.03. The molecular weight excluding hydrogens is 570 g/mol. The van der Waals surface area contributed by atoms with Crippen LogP contribution in [0.15, 0.2) is 60.7 Å². The number of benzene rings is 3. The molecule has 1 N–H and O–H groups in total. The van der Waals surface area contributed by atoms with Gasteiger partial charge in [-0.2, -0.15) is 0 Å². The SMILES string of the molecule is COC(=O)c1ccc(OCCCc2ccc(OCc3ccc4c(c3)CCCC4)cc2)c(C(=O)NC2CCCC(C(=O)OC)C2)c1. The van der Waals surface area contributed by atoms with Crippen LogP contribution < -0.4 is 14.8 Å². The van der Waals surface area contributed by atoms with Crippen LogP contribution in [0.25, 0.3) is 0 Å². The number of methoxy groups -OCH3 is 2. The summed E-state index contributed by atoms with van der Waals surface area (Å²) < 4.78 is 21.9.